The molecule has 2 aromatic rings. The van der Waals surface area contributed by atoms with E-state index in [0.717, 1.165) is 5.56 Å². The van der Waals surface area contributed by atoms with Gasteiger partial charge >= 0.3 is 0 Å². The minimum atomic E-state index is -0.214. The molecule has 1 aromatic carbocycles. The SMILES string of the molecule is Cc1ccc(COc2coc(CN)cc2=O)cc1. The number of benzene rings is 1. The van der Waals surface area contributed by atoms with Crippen molar-refractivity contribution in [2.45, 2.75) is 20.1 Å². The Morgan fingerprint density at radius 2 is 2.00 bits per heavy atom. The molecule has 0 atom stereocenters. The predicted molar refractivity (Wildman–Crippen MR) is 68.4 cm³/mol. The van der Waals surface area contributed by atoms with Gasteiger partial charge in [-0.3, -0.25) is 4.79 Å². The summed E-state index contributed by atoms with van der Waals surface area (Å²) >= 11 is 0. The summed E-state index contributed by atoms with van der Waals surface area (Å²) < 4.78 is 10.6. The van der Waals surface area contributed by atoms with Crippen LogP contribution in [0.2, 0.25) is 0 Å². The maximum atomic E-state index is 11.6. The molecule has 0 aliphatic rings. The van der Waals surface area contributed by atoms with Gasteiger partial charge in [0, 0.05) is 6.07 Å². The molecule has 0 radical (unpaired) electrons. The smallest absolute Gasteiger partial charge is 0.227 e. The van der Waals surface area contributed by atoms with E-state index in [2.05, 4.69) is 0 Å². The first-order valence-corrected chi connectivity index (χ1v) is 5.69. The second-order valence-corrected chi connectivity index (χ2v) is 4.05. The van der Waals surface area contributed by atoms with Crippen LogP contribution >= 0.6 is 0 Å². The van der Waals surface area contributed by atoms with Gasteiger partial charge in [-0.2, -0.15) is 0 Å². The second kappa shape index (κ2) is 5.51. The van der Waals surface area contributed by atoms with Crippen LogP contribution < -0.4 is 15.9 Å². The van der Waals surface area contributed by atoms with Gasteiger partial charge in [0.05, 0.1) is 6.54 Å². The first-order chi connectivity index (χ1) is 8.69. The molecular formula is C14H15NO3. The van der Waals surface area contributed by atoms with E-state index in [4.69, 9.17) is 14.9 Å². The lowest BCUT2D eigenvalue weighted by Crippen LogP contribution is -2.09. The normalized spacial score (nSPS) is 10.3. The summed E-state index contributed by atoms with van der Waals surface area (Å²) in [6.45, 7) is 2.56. The summed E-state index contributed by atoms with van der Waals surface area (Å²) in [5, 5.41) is 0. The zero-order chi connectivity index (χ0) is 13.0. The van der Waals surface area contributed by atoms with Crippen molar-refractivity contribution < 1.29 is 9.15 Å². The van der Waals surface area contributed by atoms with Crippen LogP contribution in [-0.2, 0) is 13.2 Å². The van der Waals surface area contributed by atoms with Crippen LogP contribution in [0.15, 0.2) is 45.8 Å². The molecule has 1 heterocycles. The van der Waals surface area contributed by atoms with Gasteiger partial charge in [0.25, 0.3) is 0 Å². The van der Waals surface area contributed by atoms with Crippen LogP contribution in [0.5, 0.6) is 5.75 Å². The quantitative estimate of drug-likeness (QED) is 0.894. The van der Waals surface area contributed by atoms with Gasteiger partial charge < -0.3 is 14.9 Å². The van der Waals surface area contributed by atoms with Crippen molar-refractivity contribution >= 4 is 0 Å². The molecule has 0 spiro atoms. The summed E-state index contributed by atoms with van der Waals surface area (Å²) in [7, 11) is 0. The summed E-state index contributed by atoms with van der Waals surface area (Å²) in [5.74, 6) is 0.649. The minimum Gasteiger partial charge on any atom is -0.482 e. The molecule has 0 unspecified atom stereocenters. The maximum absolute atomic E-state index is 11.6. The Morgan fingerprint density at radius 3 is 2.61 bits per heavy atom. The summed E-state index contributed by atoms with van der Waals surface area (Å²) in [4.78, 5) is 11.6. The van der Waals surface area contributed by atoms with E-state index >= 15 is 0 Å². The number of aryl methyl sites for hydroxylation is 1. The summed E-state index contributed by atoms with van der Waals surface area (Å²) in [5.41, 5.74) is 7.35. The molecule has 1 aromatic heterocycles. The lowest BCUT2D eigenvalue weighted by Gasteiger charge is -2.05. The van der Waals surface area contributed by atoms with E-state index < -0.39 is 0 Å². The molecule has 0 aliphatic heterocycles. The minimum absolute atomic E-state index is 0.202. The molecule has 94 valence electrons. The predicted octanol–water partition coefficient (Wildman–Crippen LogP) is 1.99. The van der Waals surface area contributed by atoms with Gasteiger partial charge in [0.1, 0.15) is 18.6 Å². The molecule has 4 nitrogen and oxygen atoms in total. The third-order valence-electron chi connectivity index (χ3n) is 2.57. The lowest BCUT2D eigenvalue weighted by molar-refractivity contribution is 0.289. The number of ether oxygens (including phenoxy) is 1. The van der Waals surface area contributed by atoms with Crippen molar-refractivity contribution in [2.24, 2.45) is 5.73 Å². The van der Waals surface area contributed by atoms with Gasteiger partial charge in [-0.25, -0.2) is 0 Å². The van der Waals surface area contributed by atoms with Crippen LogP contribution in [0.3, 0.4) is 0 Å². The van der Waals surface area contributed by atoms with Crippen LogP contribution in [0.1, 0.15) is 16.9 Å². The fourth-order valence-electron chi connectivity index (χ4n) is 1.50. The molecule has 0 saturated carbocycles. The molecule has 2 N–H and O–H groups in total. The molecule has 0 aliphatic carbocycles. The summed E-state index contributed by atoms with van der Waals surface area (Å²) in [6, 6.07) is 9.28. The average Bonchev–Trinajstić information content (AvgIpc) is 2.39. The van der Waals surface area contributed by atoms with E-state index in [0.29, 0.717) is 12.4 Å². The average molecular weight is 245 g/mol. The Labute approximate surface area is 105 Å². The number of hydrogen-bond donors (Lipinski definition) is 1. The third-order valence-corrected chi connectivity index (χ3v) is 2.57. The van der Waals surface area contributed by atoms with Crippen LogP contribution in [0.4, 0.5) is 0 Å². The zero-order valence-corrected chi connectivity index (χ0v) is 10.2. The molecule has 0 bridgehead atoms. The van der Waals surface area contributed by atoms with Crippen molar-refractivity contribution in [2.75, 3.05) is 0 Å². The fourth-order valence-corrected chi connectivity index (χ4v) is 1.50. The number of nitrogens with two attached hydrogens (primary N) is 1. The van der Waals surface area contributed by atoms with Gasteiger partial charge in [-0.1, -0.05) is 29.8 Å². The zero-order valence-electron chi connectivity index (χ0n) is 10.2. The molecule has 18 heavy (non-hydrogen) atoms. The van der Waals surface area contributed by atoms with Gasteiger partial charge in [-0.05, 0) is 12.5 Å². The van der Waals surface area contributed by atoms with Crippen LogP contribution in [0, 0.1) is 6.92 Å². The highest BCUT2D eigenvalue weighted by Gasteiger charge is 2.04. The first-order valence-electron chi connectivity index (χ1n) is 5.69. The monoisotopic (exact) mass is 245 g/mol. The van der Waals surface area contributed by atoms with E-state index in [1.165, 1.54) is 17.9 Å². The Balaban J connectivity index is 2.06. The molecule has 4 heteroatoms. The number of rotatable bonds is 4. The summed E-state index contributed by atoms with van der Waals surface area (Å²) in [6.07, 6.45) is 1.30. The molecule has 0 amide bonds. The van der Waals surface area contributed by atoms with E-state index in [1.807, 2.05) is 31.2 Å². The van der Waals surface area contributed by atoms with Crippen LogP contribution in [0.25, 0.3) is 0 Å². The lowest BCUT2D eigenvalue weighted by atomic mass is 10.2. The molecule has 0 saturated heterocycles. The third kappa shape index (κ3) is 2.99. The Hall–Kier alpha value is -2.07. The fraction of sp³-hybridized carbons (Fsp3) is 0.214. The van der Waals surface area contributed by atoms with Gasteiger partial charge in [0.15, 0.2) is 0 Å². The van der Waals surface area contributed by atoms with E-state index in [9.17, 15) is 4.79 Å². The van der Waals surface area contributed by atoms with Crippen LogP contribution in [-0.4, -0.2) is 0 Å². The Morgan fingerprint density at radius 1 is 1.28 bits per heavy atom. The molecular weight excluding hydrogens is 230 g/mol. The van der Waals surface area contributed by atoms with Crippen molar-refractivity contribution in [1.82, 2.24) is 0 Å². The highest BCUT2D eigenvalue weighted by atomic mass is 16.5. The van der Waals surface area contributed by atoms with E-state index in [-0.39, 0.29) is 17.7 Å². The van der Waals surface area contributed by atoms with Crippen molar-refractivity contribution in [1.29, 1.82) is 0 Å². The Bertz CT molecular complexity index is 572. The highest BCUT2D eigenvalue weighted by Crippen LogP contribution is 2.09. The standard InChI is InChI=1S/C14H15NO3/c1-10-2-4-11(5-3-10)8-18-14-9-17-12(7-15)6-13(14)16/h2-6,9H,7-8,15H2,1H3. The molecule has 0 fully saturated rings. The largest absolute Gasteiger partial charge is 0.482 e. The van der Waals surface area contributed by atoms with Crippen molar-refractivity contribution in [3.63, 3.8) is 0 Å². The molecule has 2 rings (SSSR count). The van der Waals surface area contributed by atoms with Crippen molar-refractivity contribution in [3.8, 4) is 5.75 Å². The first kappa shape index (κ1) is 12.4. The van der Waals surface area contributed by atoms with Crippen molar-refractivity contribution in [3.05, 3.63) is 63.7 Å². The Kier molecular flexibility index (Phi) is 3.79. The number of hydrogen-bond acceptors (Lipinski definition) is 4. The highest BCUT2D eigenvalue weighted by molar-refractivity contribution is 5.22. The van der Waals surface area contributed by atoms with Gasteiger partial charge in [-0.15, -0.1) is 0 Å². The van der Waals surface area contributed by atoms with E-state index in [1.54, 1.807) is 0 Å². The topological polar surface area (TPSA) is 65.5 Å². The maximum Gasteiger partial charge on any atom is 0.227 e. The van der Waals surface area contributed by atoms with Gasteiger partial charge in [0.2, 0.25) is 11.2 Å². The second-order valence-electron chi connectivity index (χ2n) is 4.05.